The number of amides is 1. The molecule has 29 heavy (non-hydrogen) atoms. The molecule has 0 aliphatic heterocycles. The Morgan fingerprint density at radius 1 is 1.00 bits per heavy atom. The van der Waals surface area contributed by atoms with Gasteiger partial charge in [0.05, 0.1) is 6.10 Å². The number of nitrogens with one attached hydrogen (secondary N) is 1. The fraction of sp³-hybridized carbons (Fsp3) is 0.320. The highest BCUT2D eigenvalue weighted by Crippen LogP contribution is 2.27. The molecule has 0 bridgehead atoms. The zero-order chi connectivity index (χ0) is 20.1. The van der Waals surface area contributed by atoms with Crippen LogP contribution in [0.4, 0.5) is 5.69 Å². The molecule has 150 valence electrons. The number of benzene rings is 3. The molecule has 1 N–H and O–H groups in total. The molecule has 0 heterocycles. The van der Waals surface area contributed by atoms with Gasteiger partial charge < -0.3 is 14.8 Å². The number of rotatable bonds is 7. The Morgan fingerprint density at radius 2 is 1.72 bits per heavy atom. The number of anilines is 1. The van der Waals surface area contributed by atoms with Crippen molar-refractivity contribution in [3.05, 3.63) is 66.7 Å². The Labute approximate surface area is 171 Å². The first-order chi connectivity index (χ1) is 14.2. The maximum atomic E-state index is 12.8. The molecular weight excluding hydrogens is 362 g/mol. The summed E-state index contributed by atoms with van der Waals surface area (Å²) in [5.41, 5.74) is 0.744. The van der Waals surface area contributed by atoms with Crippen molar-refractivity contribution in [2.75, 3.05) is 5.32 Å². The van der Waals surface area contributed by atoms with Gasteiger partial charge in [-0.15, -0.1) is 0 Å². The quantitative estimate of drug-likeness (QED) is 0.542. The molecule has 1 fully saturated rings. The van der Waals surface area contributed by atoms with Crippen LogP contribution in [0.1, 0.15) is 39.0 Å². The largest absolute Gasteiger partial charge is 0.490 e. The van der Waals surface area contributed by atoms with Crippen LogP contribution in [0.5, 0.6) is 11.5 Å². The number of fused-ring (bicyclic) bond motifs is 1. The predicted octanol–water partition coefficient (Wildman–Crippen LogP) is 5.96. The molecule has 4 rings (SSSR count). The third-order valence-corrected chi connectivity index (χ3v) is 5.41. The average Bonchev–Trinajstić information content (AvgIpc) is 3.26. The first-order valence-electron chi connectivity index (χ1n) is 10.4. The van der Waals surface area contributed by atoms with E-state index < -0.39 is 6.10 Å². The zero-order valence-electron chi connectivity index (χ0n) is 16.8. The van der Waals surface area contributed by atoms with Crippen molar-refractivity contribution >= 4 is 22.4 Å². The van der Waals surface area contributed by atoms with Gasteiger partial charge in [-0.05, 0) is 67.8 Å². The van der Waals surface area contributed by atoms with Gasteiger partial charge in [-0.2, -0.15) is 0 Å². The molecule has 0 saturated heterocycles. The normalized spacial score (nSPS) is 15.2. The lowest BCUT2D eigenvalue weighted by molar-refractivity contribution is -0.122. The van der Waals surface area contributed by atoms with Gasteiger partial charge in [0, 0.05) is 11.1 Å². The molecule has 4 nitrogen and oxygen atoms in total. The lowest BCUT2D eigenvalue weighted by Crippen LogP contribution is -2.32. The minimum absolute atomic E-state index is 0.148. The fourth-order valence-electron chi connectivity index (χ4n) is 3.81. The van der Waals surface area contributed by atoms with Crippen molar-refractivity contribution in [3.63, 3.8) is 0 Å². The van der Waals surface area contributed by atoms with Gasteiger partial charge in [-0.1, -0.05) is 43.3 Å². The van der Waals surface area contributed by atoms with Crippen molar-refractivity contribution in [1.29, 1.82) is 0 Å². The molecule has 0 unspecified atom stereocenters. The number of hydrogen-bond donors (Lipinski definition) is 1. The fourth-order valence-corrected chi connectivity index (χ4v) is 3.81. The SMILES string of the molecule is CC[C@H](Oc1cccc2ccccc12)C(=O)Nc1ccc(OC2CCCC2)cc1. The van der Waals surface area contributed by atoms with Gasteiger partial charge >= 0.3 is 0 Å². The van der Waals surface area contributed by atoms with Crippen molar-refractivity contribution in [3.8, 4) is 11.5 Å². The van der Waals surface area contributed by atoms with E-state index >= 15 is 0 Å². The molecule has 0 spiro atoms. The van der Waals surface area contributed by atoms with Crippen LogP contribution in [0.3, 0.4) is 0 Å². The summed E-state index contributed by atoms with van der Waals surface area (Å²) in [7, 11) is 0. The van der Waals surface area contributed by atoms with Crippen LogP contribution >= 0.6 is 0 Å². The van der Waals surface area contributed by atoms with E-state index in [0.29, 0.717) is 12.5 Å². The van der Waals surface area contributed by atoms with Gasteiger partial charge in [0.25, 0.3) is 5.91 Å². The number of ether oxygens (including phenoxy) is 2. The van der Waals surface area contributed by atoms with E-state index in [1.54, 1.807) is 0 Å². The second-order valence-electron chi connectivity index (χ2n) is 7.53. The van der Waals surface area contributed by atoms with Crippen LogP contribution in [0, 0.1) is 0 Å². The Kier molecular flexibility index (Phi) is 5.99. The van der Waals surface area contributed by atoms with E-state index in [-0.39, 0.29) is 5.91 Å². The topological polar surface area (TPSA) is 47.6 Å². The van der Waals surface area contributed by atoms with Crippen molar-refractivity contribution < 1.29 is 14.3 Å². The summed E-state index contributed by atoms with van der Waals surface area (Å²) in [6.07, 6.45) is 5.09. The van der Waals surface area contributed by atoms with E-state index in [9.17, 15) is 4.79 Å². The number of hydrogen-bond acceptors (Lipinski definition) is 3. The summed E-state index contributed by atoms with van der Waals surface area (Å²) >= 11 is 0. The lowest BCUT2D eigenvalue weighted by atomic mass is 10.1. The van der Waals surface area contributed by atoms with E-state index in [0.717, 1.165) is 40.8 Å². The minimum atomic E-state index is -0.560. The van der Waals surface area contributed by atoms with Gasteiger partial charge in [0.2, 0.25) is 0 Å². The van der Waals surface area contributed by atoms with Crippen molar-refractivity contribution in [2.45, 2.75) is 51.2 Å². The molecule has 1 saturated carbocycles. The maximum absolute atomic E-state index is 12.8. The van der Waals surface area contributed by atoms with Gasteiger partial charge in [0.1, 0.15) is 11.5 Å². The Hall–Kier alpha value is -3.01. The maximum Gasteiger partial charge on any atom is 0.265 e. The van der Waals surface area contributed by atoms with E-state index in [1.165, 1.54) is 12.8 Å². The first-order valence-corrected chi connectivity index (χ1v) is 10.4. The third-order valence-electron chi connectivity index (χ3n) is 5.41. The van der Waals surface area contributed by atoms with Crippen LogP contribution in [-0.2, 0) is 4.79 Å². The molecule has 1 aliphatic carbocycles. The van der Waals surface area contributed by atoms with Crippen LogP contribution in [0.2, 0.25) is 0 Å². The van der Waals surface area contributed by atoms with E-state index in [4.69, 9.17) is 9.47 Å². The van der Waals surface area contributed by atoms with Crippen LogP contribution in [0.15, 0.2) is 66.7 Å². The van der Waals surface area contributed by atoms with Gasteiger partial charge in [-0.25, -0.2) is 0 Å². The van der Waals surface area contributed by atoms with Gasteiger partial charge in [-0.3, -0.25) is 4.79 Å². The molecule has 1 aliphatic rings. The standard InChI is InChI=1S/C25H27NO3/c1-2-23(29-24-13-7-9-18-8-3-6-12-22(18)24)25(27)26-19-14-16-21(17-15-19)28-20-10-4-5-11-20/h3,6-9,12-17,20,23H,2,4-5,10-11H2,1H3,(H,26,27)/t23-/m0/s1. The Bertz CT molecular complexity index is 956. The minimum Gasteiger partial charge on any atom is -0.490 e. The predicted molar refractivity (Wildman–Crippen MR) is 117 cm³/mol. The third kappa shape index (κ3) is 4.70. The second kappa shape index (κ2) is 8.99. The molecule has 3 aromatic carbocycles. The smallest absolute Gasteiger partial charge is 0.265 e. The molecular formula is C25H27NO3. The summed E-state index contributed by atoms with van der Waals surface area (Å²) in [4.78, 5) is 12.8. The van der Waals surface area contributed by atoms with Crippen molar-refractivity contribution in [2.24, 2.45) is 0 Å². The molecule has 3 aromatic rings. The molecule has 0 radical (unpaired) electrons. The summed E-state index contributed by atoms with van der Waals surface area (Å²) < 4.78 is 12.1. The summed E-state index contributed by atoms with van der Waals surface area (Å²) in [6.45, 7) is 1.95. The summed E-state index contributed by atoms with van der Waals surface area (Å²) in [5.74, 6) is 1.43. The van der Waals surface area contributed by atoms with Gasteiger partial charge in [0.15, 0.2) is 6.10 Å². The number of carbonyl (C=O) groups is 1. The molecule has 4 heteroatoms. The van der Waals surface area contributed by atoms with Crippen LogP contribution in [-0.4, -0.2) is 18.1 Å². The first kappa shape index (κ1) is 19.3. The Morgan fingerprint density at radius 3 is 2.48 bits per heavy atom. The lowest BCUT2D eigenvalue weighted by Gasteiger charge is -2.19. The second-order valence-corrected chi connectivity index (χ2v) is 7.53. The highest BCUT2D eigenvalue weighted by molar-refractivity contribution is 5.95. The number of carbonyl (C=O) groups excluding carboxylic acids is 1. The summed E-state index contributed by atoms with van der Waals surface area (Å²) in [6, 6.07) is 21.5. The molecule has 0 aromatic heterocycles. The highest BCUT2D eigenvalue weighted by Gasteiger charge is 2.20. The van der Waals surface area contributed by atoms with Crippen molar-refractivity contribution in [1.82, 2.24) is 0 Å². The highest BCUT2D eigenvalue weighted by atomic mass is 16.5. The average molecular weight is 389 g/mol. The monoisotopic (exact) mass is 389 g/mol. The van der Waals surface area contributed by atoms with E-state index in [1.807, 2.05) is 73.7 Å². The van der Waals surface area contributed by atoms with E-state index in [2.05, 4.69) is 5.32 Å². The zero-order valence-corrected chi connectivity index (χ0v) is 16.8. The molecule has 1 amide bonds. The summed E-state index contributed by atoms with van der Waals surface area (Å²) in [5, 5.41) is 5.07. The van der Waals surface area contributed by atoms with Crippen LogP contribution < -0.4 is 14.8 Å². The van der Waals surface area contributed by atoms with Crippen LogP contribution in [0.25, 0.3) is 10.8 Å². The Balaban J connectivity index is 1.40. The molecule has 1 atom stereocenters.